The average molecular weight is 364 g/mol. The third-order valence-corrected chi connectivity index (χ3v) is 4.95. The van der Waals surface area contributed by atoms with Crippen LogP contribution in [-0.2, 0) is 19.4 Å². The number of allylic oxidation sites excluding steroid dienone is 2. The number of hydrogen-bond donors (Lipinski definition) is 0. The molecule has 0 saturated carbocycles. The largest absolute Gasteiger partial charge is 0.497 e. The van der Waals surface area contributed by atoms with Crippen molar-refractivity contribution < 1.29 is 4.74 Å². The highest BCUT2D eigenvalue weighted by molar-refractivity contribution is 6.02. The summed E-state index contributed by atoms with van der Waals surface area (Å²) < 4.78 is 7.19. The molecule has 142 valence electrons. The predicted octanol–water partition coefficient (Wildman–Crippen LogP) is 4.19. The molecule has 1 aliphatic carbocycles. The van der Waals surface area contributed by atoms with Gasteiger partial charge in [0.05, 0.1) is 7.11 Å². The van der Waals surface area contributed by atoms with Gasteiger partial charge >= 0.3 is 0 Å². The van der Waals surface area contributed by atoms with Gasteiger partial charge in [-0.05, 0) is 63.3 Å². The molecule has 1 heterocycles. The van der Waals surface area contributed by atoms with E-state index in [1.165, 1.54) is 11.1 Å². The molecule has 1 aromatic carbocycles. The van der Waals surface area contributed by atoms with Crippen LogP contribution in [0.3, 0.4) is 0 Å². The van der Waals surface area contributed by atoms with Crippen LogP contribution in [0.2, 0.25) is 0 Å². The van der Waals surface area contributed by atoms with Gasteiger partial charge in [0.2, 0.25) is 0 Å². The van der Waals surface area contributed by atoms with E-state index in [1.54, 1.807) is 13.2 Å². The lowest BCUT2D eigenvalue weighted by Crippen LogP contribution is -2.28. The van der Waals surface area contributed by atoms with Crippen molar-refractivity contribution >= 4 is 5.71 Å². The van der Waals surface area contributed by atoms with Gasteiger partial charge in [-0.25, -0.2) is 0 Å². The molecule has 1 aromatic heterocycles. The standard InChI is InChI=1S/C23H28N2O2/c1-17(2)13-15-25-22-9-5-8-21(20(22)10-11-23(25)26)24-14-12-18-6-4-7-19(16-18)27-3/h4,6-7,10-11,13,16H,5,8-9,12,14-15H2,1-3H3. The Morgan fingerprint density at radius 1 is 1.22 bits per heavy atom. The summed E-state index contributed by atoms with van der Waals surface area (Å²) in [7, 11) is 1.69. The van der Waals surface area contributed by atoms with Gasteiger partial charge in [0.25, 0.3) is 5.56 Å². The van der Waals surface area contributed by atoms with Crippen LogP contribution in [0.15, 0.2) is 57.8 Å². The first-order chi connectivity index (χ1) is 13.1. The Labute approximate surface area is 161 Å². The Bertz CT molecular complexity index is 918. The van der Waals surface area contributed by atoms with Crippen molar-refractivity contribution in [3.8, 4) is 5.75 Å². The first-order valence-electron chi connectivity index (χ1n) is 9.61. The number of nitrogens with zero attached hydrogens (tertiary/aromatic N) is 2. The molecule has 1 aliphatic rings. The summed E-state index contributed by atoms with van der Waals surface area (Å²) in [6.45, 7) is 5.51. The number of rotatable bonds is 6. The molecule has 4 nitrogen and oxygen atoms in total. The van der Waals surface area contributed by atoms with E-state index in [2.05, 4.69) is 32.1 Å². The van der Waals surface area contributed by atoms with Gasteiger partial charge in [0.15, 0.2) is 0 Å². The monoisotopic (exact) mass is 364 g/mol. The van der Waals surface area contributed by atoms with Crippen molar-refractivity contribution in [3.63, 3.8) is 0 Å². The Kier molecular flexibility index (Phi) is 6.28. The second kappa shape index (κ2) is 8.85. The van der Waals surface area contributed by atoms with E-state index >= 15 is 0 Å². The normalized spacial score (nSPS) is 14.7. The van der Waals surface area contributed by atoms with E-state index in [9.17, 15) is 4.79 Å². The fourth-order valence-electron chi connectivity index (χ4n) is 3.50. The smallest absolute Gasteiger partial charge is 0.251 e. The van der Waals surface area contributed by atoms with Crippen molar-refractivity contribution in [2.45, 2.75) is 46.1 Å². The molecule has 27 heavy (non-hydrogen) atoms. The van der Waals surface area contributed by atoms with Crippen LogP contribution in [0.4, 0.5) is 0 Å². The predicted molar refractivity (Wildman–Crippen MR) is 111 cm³/mol. The second-order valence-electron chi connectivity index (χ2n) is 7.21. The summed E-state index contributed by atoms with van der Waals surface area (Å²) >= 11 is 0. The Morgan fingerprint density at radius 3 is 2.85 bits per heavy atom. The summed E-state index contributed by atoms with van der Waals surface area (Å²) in [6, 6.07) is 11.8. The summed E-state index contributed by atoms with van der Waals surface area (Å²) in [4.78, 5) is 17.2. The molecule has 0 atom stereocenters. The quantitative estimate of drug-likeness (QED) is 0.721. The van der Waals surface area contributed by atoms with E-state index < -0.39 is 0 Å². The van der Waals surface area contributed by atoms with Crippen LogP contribution in [0, 0.1) is 0 Å². The first-order valence-corrected chi connectivity index (χ1v) is 9.61. The Morgan fingerprint density at radius 2 is 2.07 bits per heavy atom. The van der Waals surface area contributed by atoms with Crippen molar-refractivity contribution in [1.29, 1.82) is 0 Å². The number of aliphatic imine (C=N–C) groups is 1. The molecule has 0 aliphatic heterocycles. The van der Waals surface area contributed by atoms with Crippen LogP contribution >= 0.6 is 0 Å². The number of pyridine rings is 1. The molecule has 0 bridgehead atoms. The van der Waals surface area contributed by atoms with Crippen molar-refractivity contribution in [2.75, 3.05) is 13.7 Å². The molecule has 0 spiro atoms. The highest BCUT2D eigenvalue weighted by atomic mass is 16.5. The molecule has 4 heteroatoms. The van der Waals surface area contributed by atoms with Gasteiger partial charge in [-0.15, -0.1) is 0 Å². The van der Waals surface area contributed by atoms with Crippen molar-refractivity contribution in [3.05, 3.63) is 75.2 Å². The zero-order valence-corrected chi connectivity index (χ0v) is 16.5. The number of benzene rings is 1. The van der Waals surface area contributed by atoms with Crippen LogP contribution in [-0.4, -0.2) is 23.9 Å². The second-order valence-corrected chi connectivity index (χ2v) is 7.21. The van der Waals surface area contributed by atoms with Gasteiger partial charge in [0.1, 0.15) is 5.75 Å². The Hall–Kier alpha value is -2.62. The van der Waals surface area contributed by atoms with Crippen LogP contribution < -0.4 is 10.3 Å². The molecule has 0 fully saturated rings. The third kappa shape index (κ3) is 4.76. The van der Waals surface area contributed by atoms with Gasteiger partial charge in [0, 0.05) is 36.1 Å². The highest BCUT2D eigenvalue weighted by Crippen LogP contribution is 2.21. The molecule has 0 amide bonds. The highest BCUT2D eigenvalue weighted by Gasteiger charge is 2.18. The van der Waals surface area contributed by atoms with E-state index in [4.69, 9.17) is 9.73 Å². The zero-order valence-electron chi connectivity index (χ0n) is 16.5. The van der Waals surface area contributed by atoms with Crippen LogP contribution in [0.25, 0.3) is 0 Å². The minimum atomic E-state index is 0.0730. The fraction of sp³-hybridized carbons (Fsp3) is 0.391. The molecule has 0 radical (unpaired) electrons. The van der Waals surface area contributed by atoms with Gasteiger partial charge in [-0.1, -0.05) is 23.8 Å². The number of aromatic nitrogens is 1. The summed E-state index contributed by atoms with van der Waals surface area (Å²) in [5.41, 5.74) is 5.93. The van der Waals surface area contributed by atoms with Crippen molar-refractivity contribution in [2.24, 2.45) is 4.99 Å². The van der Waals surface area contributed by atoms with Crippen molar-refractivity contribution in [1.82, 2.24) is 4.57 Å². The average Bonchev–Trinajstić information content (AvgIpc) is 2.67. The SMILES string of the molecule is COc1cccc(CCN=C2CCCc3c2ccc(=O)n3CC=C(C)C)c1. The van der Waals surface area contributed by atoms with E-state index in [-0.39, 0.29) is 5.56 Å². The summed E-state index contributed by atoms with van der Waals surface area (Å²) in [5.74, 6) is 0.881. The van der Waals surface area contributed by atoms with E-state index in [1.807, 2.05) is 22.8 Å². The number of hydrogen-bond acceptors (Lipinski definition) is 3. The Balaban J connectivity index is 1.81. The lowest BCUT2D eigenvalue weighted by molar-refractivity contribution is 0.414. The zero-order chi connectivity index (χ0) is 19.2. The minimum absolute atomic E-state index is 0.0730. The number of ether oxygens (including phenoxy) is 1. The maximum atomic E-state index is 12.4. The number of fused-ring (bicyclic) bond motifs is 1. The van der Waals surface area contributed by atoms with E-state index in [0.717, 1.165) is 54.9 Å². The lowest BCUT2D eigenvalue weighted by Gasteiger charge is -2.22. The summed E-state index contributed by atoms with van der Waals surface area (Å²) in [5, 5.41) is 0. The maximum absolute atomic E-state index is 12.4. The molecular formula is C23H28N2O2. The topological polar surface area (TPSA) is 43.6 Å². The molecule has 0 unspecified atom stereocenters. The fourth-order valence-corrected chi connectivity index (χ4v) is 3.50. The first kappa shape index (κ1) is 19.2. The van der Waals surface area contributed by atoms with Gasteiger partial charge < -0.3 is 9.30 Å². The molecular weight excluding hydrogens is 336 g/mol. The van der Waals surface area contributed by atoms with Crippen LogP contribution in [0.1, 0.15) is 43.5 Å². The maximum Gasteiger partial charge on any atom is 0.251 e. The molecule has 2 aromatic rings. The molecule has 0 saturated heterocycles. The van der Waals surface area contributed by atoms with Gasteiger partial charge in [-0.2, -0.15) is 0 Å². The summed E-state index contributed by atoms with van der Waals surface area (Å²) in [6.07, 6.45) is 5.95. The lowest BCUT2D eigenvalue weighted by atomic mass is 9.93. The van der Waals surface area contributed by atoms with E-state index in [0.29, 0.717) is 6.54 Å². The third-order valence-electron chi connectivity index (χ3n) is 4.95. The van der Waals surface area contributed by atoms with Crippen LogP contribution in [0.5, 0.6) is 5.75 Å². The molecule has 0 N–H and O–H groups in total. The number of methoxy groups -OCH3 is 1. The molecule has 3 rings (SSSR count). The minimum Gasteiger partial charge on any atom is -0.497 e. The van der Waals surface area contributed by atoms with Gasteiger partial charge in [-0.3, -0.25) is 9.79 Å².